The van der Waals surface area contributed by atoms with Gasteiger partial charge in [0.05, 0.1) is 5.02 Å². The van der Waals surface area contributed by atoms with Crippen LogP contribution in [0.3, 0.4) is 0 Å². The molecule has 0 bridgehead atoms. The third-order valence-corrected chi connectivity index (χ3v) is 6.06. The monoisotopic (exact) mass is 472 g/mol. The molecule has 7 heteroatoms. The van der Waals surface area contributed by atoms with Gasteiger partial charge in [-0.05, 0) is 68.9 Å². The number of nitrogens with one attached hydrogen (secondary N) is 1. The highest BCUT2D eigenvalue weighted by Crippen LogP contribution is 2.23. The number of hydrogen-bond acceptors (Lipinski definition) is 3. The van der Waals surface area contributed by atoms with Crippen molar-refractivity contribution in [2.24, 2.45) is 0 Å². The van der Waals surface area contributed by atoms with E-state index < -0.39 is 6.04 Å². The van der Waals surface area contributed by atoms with E-state index in [1.807, 2.05) is 0 Å². The van der Waals surface area contributed by atoms with Crippen molar-refractivity contribution in [3.8, 4) is 5.75 Å². The number of nitrogens with zero attached hydrogens (tertiary/aromatic N) is 1. The fourth-order valence-corrected chi connectivity index (χ4v) is 3.97. The minimum absolute atomic E-state index is 0.157. The molecule has 2 amide bonds. The number of rotatable bonds is 10. The Morgan fingerprint density at radius 3 is 2.61 bits per heavy atom. The first-order valence-corrected chi connectivity index (χ1v) is 11.7. The molecule has 0 radical (unpaired) electrons. The summed E-state index contributed by atoms with van der Waals surface area (Å²) >= 11 is 6.11. The molecule has 0 spiro atoms. The van der Waals surface area contributed by atoms with Crippen molar-refractivity contribution in [3.63, 3.8) is 0 Å². The summed E-state index contributed by atoms with van der Waals surface area (Å²) in [6.45, 7) is 2.11. The second-order valence-electron chi connectivity index (χ2n) is 8.19. The number of carbonyl (C=O) groups excluding carboxylic acids is 2. The molecule has 33 heavy (non-hydrogen) atoms. The molecule has 0 saturated heterocycles. The highest BCUT2D eigenvalue weighted by Gasteiger charge is 2.26. The fourth-order valence-electron chi connectivity index (χ4n) is 3.78. The summed E-state index contributed by atoms with van der Waals surface area (Å²) in [6, 6.07) is 12.0. The van der Waals surface area contributed by atoms with E-state index >= 15 is 0 Å². The smallest absolute Gasteiger partial charge is 0.261 e. The molecule has 1 N–H and O–H groups in total. The zero-order chi connectivity index (χ0) is 23.6. The summed E-state index contributed by atoms with van der Waals surface area (Å²) in [5, 5.41) is 3.35. The average molecular weight is 473 g/mol. The van der Waals surface area contributed by atoms with Crippen molar-refractivity contribution in [2.45, 2.75) is 51.6 Å². The van der Waals surface area contributed by atoms with E-state index in [9.17, 15) is 14.0 Å². The number of benzene rings is 2. The lowest BCUT2D eigenvalue weighted by Crippen LogP contribution is -2.49. The molecular formula is C26H30ClFN2O3. The van der Waals surface area contributed by atoms with Crippen molar-refractivity contribution >= 4 is 23.4 Å². The van der Waals surface area contributed by atoms with Crippen molar-refractivity contribution in [2.75, 3.05) is 13.2 Å². The van der Waals surface area contributed by atoms with E-state index in [0.717, 1.165) is 24.8 Å². The number of halogens is 2. The summed E-state index contributed by atoms with van der Waals surface area (Å²) < 4.78 is 18.9. The predicted molar refractivity (Wildman–Crippen MR) is 128 cm³/mol. The van der Waals surface area contributed by atoms with Crippen LogP contribution in [-0.4, -0.2) is 35.9 Å². The summed E-state index contributed by atoms with van der Waals surface area (Å²) in [5.41, 5.74) is 2.09. The number of carbonyl (C=O) groups is 2. The number of allylic oxidation sites excluding steroid dienone is 1. The molecule has 0 aromatic heterocycles. The normalized spacial score (nSPS) is 14.2. The topological polar surface area (TPSA) is 58.6 Å². The van der Waals surface area contributed by atoms with E-state index in [-0.39, 0.29) is 30.8 Å². The minimum Gasteiger partial charge on any atom is -0.482 e. The Labute approximate surface area is 199 Å². The Kier molecular flexibility index (Phi) is 9.31. The molecule has 1 unspecified atom stereocenters. The maximum atomic E-state index is 13.3. The number of para-hydroxylation sites is 1. The highest BCUT2D eigenvalue weighted by molar-refractivity contribution is 6.32. The molecule has 2 aromatic carbocycles. The molecule has 1 atom stereocenters. The van der Waals surface area contributed by atoms with Crippen molar-refractivity contribution < 1.29 is 18.7 Å². The molecule has 176 valence electrons. The van der Waals surface area contributed by atoms with Crippen LogP contribution in [0.5, 0.6) is 5.75 Å². The van der Waals surface area contributed by atoms with E-state index in [2.05, 4.69) is 11.4 Å². The van der Waals surface area contributed by atoms with Crippen LogP contribution in [-0.2, 0) is 16.1 Å². The quantitative estimate of drug-likeness (QED) is 0.478. The average Bonchev–Trinajstić information content (AvgIpc) is 2.83. The van der Waals surface area contributed by atoms with Crippen LogP contribution < -0.4 is 10.1 Å². The summed E-state index contributed by atoms with van der Waals surface area (Å²) in [4.78, 5) is 27.4. The third-order valence-electron chi connectivity index (χ3n) is 5.75. The lowest BCUT2D eigenvalue weighted by molar-refractivity contribution is -0.142. The van der Waals surface area contributed by atoms with Crippen LogP contribution in [0, 0.1) is 5.82 Å². The molecule has 0 aliphatic heterocycles. The Hall–Kier alpha value is -2.86. The minimum atomic E-state index is -0.724. The second kappa shape index (κ2) is 12.4. The van der Waals surface area contributed by atoms with Crippen LogP contribution in [0.1, 0.15) is 44.6 Å². The molecular weight excluding hydrogens is 443 g/mol. The first kappa shape index (κ1) is 24.8. The maximum absolute atomic E-state index is 13.3. The Morgan fingerprint density at radius 2 is 1.91 bits per heavy atom. The van der Waals surface area contributed by atoms with Gasteiger partial charge in [0.1, 0.15) is 17.6 Å². The van der Waals surface area contributed by atoms with Gasteiger partial charge in [-0.1, -0.05) is 47.5 Å². The third kappa shape index (κ3) is 7.60. The van der Waals surface area contributed by atoms with Crippen LogP contribution in [0.2, 0.25) is 5.02 Å². The van der Waals surface area contributed by atoms with Gasteiger partial charge in [-0.3, -0.25) is 9.59 Å². The number of ether oxygens (including phenoxy) is 1. The van der Waals surface area contributed by atoms with Gasteiger partial charge in [0.15, 0.2) is 6.61 Å². The Bertz CT molecular complexity index is 978. The zero-order valence-electron chi connectivity index (χ0n) is 18.9. The summed E-state index contributed by atoms with van der Waals surface area (Å²) in [5.74, 6) is -0.565. The maximum Gasteiger partial charge on any atom is 0.261 e. The highest BCUT2D eigenvalue weighted by atomic mass is 35.5. The van der Waals surface area contributed by atoms with E-state index in [1.165, 1.54) is 35.4 Å². The van der Waals surface area contributed by atoms with Crippen LogP contribution in [0.25, 0.3) is 0 Å². The predicted octanol–water partition coefficient (Wildman–Crippen LogP) is 5.28. The summed E-state index contributed by atoms with van der Waals surface area (Å²) in [7, 11) is 0. The summed E-state index contributed by atoms with van der Waals surface area (Å²) in [6.07, 6.45) is 7.69. The first-order valence-electron chi connectivity index (χ1n) is 11.3. The van der Waals surface area contributed by atoms with Gasteiger partial charge in [-0.2, -0.15) is 0 Å². The molecule has 5 nitrogen and oxygen atoms in total. The Balaban J connectivity index is 1.64. The fraction of sp³-hybridized carbons (Fsp3) is 0.385. The molecule has 3 rings (SSSR count). The van der Waals surface area contributed by atoms with Gasteiger partial charge in [0.2, 0.25) is 5.91 Å². The van der Waals surface area contributed by atoms with E-state index in [4.69, 9.17) is 16.3 Å². The van der Waals surface area contributed by atoms with E-state index in [0.29, 0.717) is 17.3 Å². The van der Waals surface area contributed by atoms with Crippen LogP contribution >= 0.6 is 11.6 Å². The molecule has 0 fully saturated rings. The van der Waals surface area contributed by atoms with Crippen LogP contribution in [0.4, 0.5) is 4.39 Å². The second-order valence-corrected chi connectivity index (χ2v) is 8.60. The van der Waals surface area contributed by atoms with Crippen molar-refractivity contribution in [1.82, 2.24) is 10.2 Å². The van der Waals surface area contributed by atoms with Gasteiger partial charge < -0.3 is 15.0 Å². The zero-order valence-corrected chi connectivity index (χ0v) is 19.6. The first-order chi connectivity index (χ1) is 15.9. The van der Waals surface area contributed by atoms with Gasteiger partial charge in [-0.15, -0.1) is 0 Å². The number of hydrogen-bond donors (Lipinski definition) is 1. The lowest BCUT2D eigenvalue weighted by atomic mass is 9.97. The standard InChI is InChI=1S/C26H30ClFN2O3/c1-19(26(32)29-16-15-20-7-3-2-4-8-20)30(17-21-11-13-22(28)14-12-21)25(31)18-33-24-10-6-5-9-23(24)27/h5-7,9-14,19H,2-4,8,15-18H2,1H3,(H,29,32). The van der Waals surface area contributed by atoms with Gasteiger partial charge in [-0.25, -0.2) is 4.39 Å². The molecule has 1 aliphatic rings. The van der Waals surface area contributed by atoms with Gasteiger partial charge in [0, 0.05) is 13.1 Å². The van der Waals surface area contributed by atoms with E-state index in [1.54, 1.807) is 43.3 Å². The van der Waals surface area contributed by atoms with Crippen molar-refractivity contribution in [1.29, 1.82) is 0 Å². The molecule has 0 saturated carbocycles. The largest absolute Gasteiger partial charge is 0.482 e. The SMILES string of the molecule is CC(C(=O)NCCC1=CCCCC1)N(Cc1ccc(F)cc1)C(=O)COc1ccccc1Cl. The Morgan fingerprint density at radius 1 is 1.15 bits per heavy atom. The van der Waals surface area contributed by atoms with Crippen molar-refractivity contribution in [3.05, 3.63) is 76.6 Å². The van der Waals surface area contributed by atoms with Gasteiger partial charge >= 0.3 is 0 Å². The molecule has 0 heterocycles. The number of amides is 2. The van der Waals surface area contributed by atoms with Crippen LogP contribution in [0.15, 0.2) is 60.2 Å². The molecule has 1 aliphatic carbocycles. The molecule has 2 aromatic rings. The van der Waals surface area contributed by atoms with Gasteiger partial charge in [0.25, 0.3) is 5.91 Å². The lowest BCUT2D eigenvalue weighted by Gasteiger charge is -2.29.